The highest BCUT2D eigenvalue weighted by atomic mass is 15.3. The van der Waals surface area contributed by atoms with Gasteiger partial charge in [0.05, 0.1) is 27.2 Å². The van der Waals surface area contributed by atoms with Crippen LogP contribution in [0.1, 0.15) is 65.7 Å². The molecule has 0 aliphatic carbocycles. The molecule has 0 aliphatic rings. The standard InChI is InChI=1S/C15H34N/c1-6-7-8-9-10-13-16(4,5)14-11-12-15(2)3/h15H,6-14H2,1-5H3/q+1. The van der Waals surface area contributed by atoms with Crippen LogP contribution in [0, 0.1) is 5.92 Å². The molecule has 98 valence electrons. The molecule has 0 aromatic rings. The molecule has 0 rings (SSSR count). The molecule has 0 aromatic carbocycles. The lowest BCUT2D eigenvalue weighted by Gasteiger charge is -2.30. The molecular formula is C15H34N+. The summed E-state index contributed by atoms with van der Waals surface area (Å²) in [5.41, 5.74) is 0. The zero-order valence-corrected chi connectivity index (χ0v) is 12.4. The molecule has 16 heavy (non-hydrogen) atoms. The quantitative estimate of drug-likeness (QED) is 0.382. The first kappa shape index (κ1) is 16.0. The second kappa shape index (κ2) is 9.04. The predicted octanol–water partition coefficient (Wildman–Crippen LogP) is 4.47. The molecule has 0 saturated heterocycles. The van der Waals surface area contributed by atoms with E-state index in [2.05, 4.69) is 34.9 Å². The van der Waals surface area contributed by atoms with Crippen LogP contribution in [0.25, 0.3) is 0 Å². The van der Waals surface area contributed by atoms with Crippen LogP contribution in [0.4, 0.5) is 0 Å². The maximum atomic E-state index is 2.39. The van der Waals surface area contributed by atoms with Gasteiger partial charge in [-0.2, -0.15) is 0 Å². The smallest absolute Gasteiger partial charge is 0.0782 e. The Morgan fingerprint density at radius 1 is 0.812 bits per heavy atom. The van der Waals surface area contributed by atoms with E-state index in [0.717, 1.165) is 5.92 Å². The summed E-state index contributed by atoms with van der Waals surface area (Å²) < 4.78 is 1.22. The Kier molecular flexibility index (Phi) is 9.02. The van der Waals surface area contributed by atoms with Crippen molar-refractivity contribution in [2.24, 2.45) is 5.92 Å². The Morgan fingerprint density at radius 3 is 1.94 bits per heavy atom. The normalized spacial score (nSPS) is 12.4. The monoisotopic (exact) mass is 228 g/mol. The van der Waals surface area contributed by atoms with E-state index in [1.165, 1.54) is 62.5 Å². The van der Waals surface area contributed by atoms with E-state index in [1.807, 2.05) is 0 Å². The summed E-state index contributed by atoms with van der Waals surface area (Å²) in [6, 6.07) is 0. The highest BCUT2D eigenvalue weighted by molar-refractivity contribution is 4.47. The number of quaternary nitrogens is 1. The van der Waals surface area contributed by atoms with Gasteiger partial charge in [0.15, 0.2) is 0 Å². The largest absolute Gasteiger partial charge is 0.328 e. The number of hydrogen-bond donors (Lipinski definition) is 0. The van der Waals surface area contributed by atoms with Gasteiger partial charge in [-0.1, -0.05) is 40.0 Å². The highest BCUT2D eigenvalue weighted by Crippen LogP contribution is 2.10. The average molecular weight is 228 g/mol. The molecule has 0 amide bonds. The van der Waals surface area contributed by atoms with Gasteiger partial charge in [-0.3, -0.25) is 0 Å². The topological polar surface area (TPSA) is 0 Å². The second-order valence-corrected chi connectivity index (χ2v) is 6.33. The predicted molar refractivity (Wildman–Crippen MR) is 74.7 cm³/mol. The molecular weight excluding hydrogens is 194 g/mol. The number of nitrogens with zero attached hydrogens (tertiary/aromatic N) is 1. The Labute approximate surface area is 104 Å². The SMILES string of the molecule is CCCCCCC[N+](C)(C)CCCC(C)C. The molecule has 0 aromatic heterocycles. The van der Waals surface area contributed by atoms with Crippen molar-refractivity contribution in [1.82, 2.24) is 0 Å². The fraction of sp³-hybridized carbons (Fsp3) is 1.00. The van der Waals surface area contributed by atoms with Gasteiger partial charge in [-0.25, -0.2) is 0 Å². The molecule has 1 heteroatoms. The Balaban J connectivity index is 3.46. The third kappa shape index (κ3) is 10.5. The second-order valence-electron chi connectivity index (χ2n) is 6.33. The van der Waals surface area contributed by atoms with Gasteiger partial charge in [0.1, 0.15) is 0 Å². The van der Waals surface area contributed by atoms with Crippen molar-refractivity contribution in [2.75, 3.05) is 27.2 Å². The van der Waals surface area contributed by atoms with Crippen molar-refractivity contribution in [3.05, 3.63) is 0 Å². The van der Waals surface area contributed by atoms with Crippen molar-refractivity contribution >= 4 is 0 Å². The third-order valence-electron chi connectivity index (χ3n) is 3.41. The summed E-state index contributed by atoms with van der Waals surface area (Å²) in [4.78, 5) is 0. The zero-order chi connectivity index (χ0) is 12.4. The van der Waals surface area contributed by atoms with Crippen LogP contribution in [-0.4, -0.2) is 31.7 Å². The summed E-state index contributed by atoms with van der Waals surface area (Å²) >= 11 is 0. The van der Waals surface area contributed by atoms with Gasteiger partial charge >= 0.3 is 0 Å². The van der Waals surface area contributed by atoms with Gasteiger partial charge in [-0.15, -0.1) is 0 Å². The first-order valence-corrected chi connectivity index (χ1v) is 7.30. The van der Waals surface area contributed by atoms with E-state index in [1.54, 1.807) is 0 Å². The number of rotatable bonds is 10. The zero-order valence-electron chi connectivity index (χ0n) is 12.4. The summed E-state index contributed by atoms with van der Waals surface area (Å²) in [6.07, 6.45) is 9.82. The molecule has 0 aliphatic heterocycles. The van der Waals surface area contributed by atoms with E-state index in [9.17, 15) is 0 Å². The van der Waals surface area contributed by atoms with Crippen molar-refractivity contribution in [1.29, 1.82) is 0 Å². The molecule has 1 nitrogen and oxygen atoms in total. The first-order valence-electron chi connectivity index (χ1n) is 7.30. The lowest BCUT2D eigenvalue weighted by molar-refractivity contribution is -0.890. The minimum atomic E-state index is 0.865. The first-order chi connectivity index (χ1) is 7.48. The van der Waals surface area contributed by atoms with Crippen LogP contribution >= 0.6 is 0 Å². The van der Waals surface area contributed by atoms with Gasteiger partial charge < -0.3 is 4.48 Å². The van der Waals surface area contributed by atoms with E-state index >= 15 is 0 Å². The fourth-order valence-corrected chi connectivity index (χ4v) is 2.18. The van der Waals surface area contributed by atoms with E-state index in [4.69, 9.17) is 0 Å². The van der Waals surface area contributed by atoms with Gasteiger partial charge in [-0.05, 0) is 31.6 Å². The Bertz CT molecular complexity index is 150. The van der Waals surface area contributed by atoms with E-state index < -0.39 is 0 Å². The lowest BCUT2D eigenvalue weighted by Crippen LogP contribution is -2.41. The van der Waals surface area contributed by atoms with E-state index in [0.29, 0.717) is 0 Å². The van der Waals surface area contributed by atoms with Crippen molar-refractivity contribution in [2.45, 2.75) is 65.7 Å². The minimum absolute atomic E-state index is 0.865. The number of hydrogen-bond acceptors (Lipinski definition) is 0. The number of unbranched alkanes of at least 4 members (excludes halogenated alkanes) is 4. The van der Waals surface area contributed by atoms with E-state index in [-0.39, 0.29) is 0 Å². The van der Waals surface area contributed by atoms with Crippen molar-refractivity contribution < 1.29 is 4.48 Å². The van der Waals surface area contributed by atoms with Crippen LogP contribution < -0.4 is 0 Å². The fourth-order valence-electron chi connectivity index (χ4n) is 2.18. The van der Waals surface area contributed by atoms with Gasteiger partial charge in [0, 0.05) is 0 Å². The van der Waals surface area contributed by atoms with Crippen molar-refractivity contribution in [3.63, 3.8) is 0 Å². The van der Waals surface area contributed by atoms with Gasteiger partial charge in [0.2, 0.25) is 0 Å². The Morgan fingerprint density at radius 2 is 1.38 bits per heavy atom. The van der Waals surface area contributed by atoms with Crippen LogP contribution in [0.2, 0.25) is 0 Å². The van der Waals surface area contributed by atoms with Crippen LogP contribution in [0.15, 0.2) is 0 Å². The van der Waals surface area contributed by atoms with Crippen LogP contribution in [-0.2, 0) is 0 Å². The third-order valence-corrected chi connectivity index (χ3v) is 3.41. The lowest BCUT2D eigenvalue weighted by atomic mass is 10.1. The summed E-state index contributed by atoms with van der Waals surface area (Å²) in [7, 11) is 4.78. The average Bonchev–Trinajstić information content (AvgIpc) is 2.16. The molecule has 0 atom stereocenters. The summed E-state index contributed by atoms with van der Waals surface area (Å²) in [5.74, 6) is 0.865. The minimum Gasteiger partial charge on any atom is -0.328 e. The Hall–Kier alpha value is -0.0400. The molecule has 0 heterocycles. The molecule has 0 N–H and O–H groups in total. The van der Waals surface area contributed by atoms with Crippen LogP contribution in [0.5, 0.6) is 0 Å². The maximum absolute atomic E-state index is 2.39. The molecule has 0 radical (unpaired) electrons. The molecule has 0 unspecified atom stereocenters. The molecule has 0 bridgehead atoms. The molecule has 0 fully saturated rings. The highest BCUT2D eigenvalue weighted by Gasteiger charge is 2.13. The van der Waals surface area contributed by atoms with Gasteiger partial charge in [0.25, 0.3) is 0 Å². The maximum Gasteiger partial charge on any atom is 0.0782 e. The molecule has 0 saturated carbocycles. The molecule has 0 spiro atoms. The van der Waals surface area contributed by atoms with Crippen LogP contribution in [0.3, 0.4) is 0 Å². The summed E-state index contributed by atoms with van der Waals surface area (Å²) in [5, 5.41) is 0. The summed E-state index contributed by atoms with van der Waals surface area (Å²) in [6.45, 7) is 9.65. The van der Waals surface area contributed by atoms with Crippen molar-refractivity contribution in [3.8, 4) is 0 Å².